The van der Waals surface area contributed by atoms with Gasteiger partial charge in [-0.25, -0.2) is 0 Å². The molecule has 0 unspecified atom stereocenters. The standard InChI is InChI=1S/C12H19NO/c1-9-6-5-7-11(13)10(9)8-14-12(2,3)4/h5-7H,8,13H2,1-4H3. The van der Waals surface area contributed by atoms with Gasteiger partial charge in [0.15, 0.2) is 0 Å². The third kappa shape index (κ3) is 3.04. The van der Waals surface area contributed by atoms with E-state index in [4.69, 9.17) is 10.5 Å². The van der Waals surface area contributed by atoms with E-state index in [9.17, 15) is 0 Å². The van der Waals surface area contributed by atoms with Crippen LogP contribution in [0.5, 0.6) is 0 Å². The molecule has 0 aromatic heterocycles. The van der Waals surface area contributed by atoms with Crippen molar-refractivity contribution in [3.63, 3.8) is 0 Å². The number of anilines is 1. The van der Waals surface area contributed by atoms with Crippen molar-refractivity contribution in [3.8, 4) is 0 Å². The quantitative estimate of drug-likeness (QED) is 0.733. The number of hydrogen-bond donors (Lipinski definition) is 1. The Bertz CT molecular complexity index is 292. The van der Waals surface area contributed by atoms with E-state index in [1.54, 1.807) is 0 Å². The molecule has 0 saturated heterocycles. The fraction of sp³-hybridized carbons (Fsp3) is 0.500. The molecule has 0 aliphatic carbocycles. The molecule has 0 atom stereocenters. The van der Waals surface area contributed by atoms with Gasteiger partial charge in [-0.1, -0.05) is 12.1 Å². The molecule has 0 radical (unpaired) electrons. The summed E-state index contributed by atoms with van der Waals surface area (Å²) >= 11 is 0. The van der Waals surface area contributed by atoms with Crippen LogP contribution in [0.3, 0.4) is 0 Å². The Labute approximate surface area is 86.1 Å². The number of hydrogen-bond acceptors (Lipinski definition) is 2. The molecule has 1 aromatic rings. The van der Waals surface area contributed by atoms with Crippen molar-refractivity contribution in [2.45, 2.75) is 39.9 Å². The maximum atomic E-state index is 5.87. The van der Waals surface area contributed by atoms with E-state index in [1.165, 1.54) is 5.56 Å². The Morgan fingerprint density at radius 1 is 1.29 bits per heavy atom. The van der Waals surface area contributed by atoms with Crippen LogP contribution in [-0.4, -0.2) is 5.60 Å². The highest BCUT2D eigenvalue weighted by Gasteiger charge is 2.12. The predicted molar refractivity (Wildman–Crippen MR) is 60.1 cm³/mol. The second-order valence-corrected chi connectivity index (χ2v) is 4.54. The van der Waals surface area contributed by atoms with Crippen LogP contribution in [0, 0.1) is 6.92 Å². The average molecular weight is 193 g/mol. The smallest absolute Gasteiger partial charge is 0.0746 e. The zero-order valence-electron chi connectivity index (χ0n) is 9.42. The van der Waals surface area contributed by atoms with Crippen molar-refractivity contribution in [1.29, 1.82) is 0 Å². The van der Waals surface area contributed by atoms with E-state index in [0.717, 1.165) is 11.3 Å². The molecule has 0 spiro atoms. The number of nitrogens with two attached hydrogens (primary N) is 1. The Morgan fingerprint density at radius 3 is 2.43 bits per heavy atom. The van der Waals surface area contributed by atoms with Crippen LogP contribution in [0.1, 0.15) is 31.9 Å². The van der Waals surface area contributed by atoms with E-state index in [2.05, 4.69) is 13.0 Å². The first-order valence-corrected chi connectivity index (χ1v) is 4.88. The van der Waals surface area contributed by atoms with Crippen molar-refractivity contribution < 1.29 is 4.74 Å². The van der Waals surface area contributed by atoms with Crippen LogP contribution >= 0.6 is 0 Å². The van der Waals surface area contributed by atoms with Gasteiger partial charge in [-0.2, -0.15) is 0 Å². The normalized spacial score (nSPS) is 11.7. The van der Waals surface area contributed by atoms with Crippen molar-refractivity contribution in [2.75, 3.05) is 5.73 Å². The number of nitrogen functional groups attached to an aromatic ring is 1. The van der Waals surface area contributed by atoms with E-state index < -0.39 is 0 Å². The number of benzene rings is 1. The minimum atomic E-state index is -0.116. The first-order valence-electron chi connectivity index (χ1n) is 4.88. The van der Waals surface area contributed by atoms with Crippen LogP contribution in [0.4, 0.5) is 5.69 Å². The summed E-state index contributed by atoms with van der Waals surface area (Å²) in [6.45, 7) is 8.77. The van der Waals surface area contributed by atoms with Crippen LogP contribution in [-0.2, 0) is 11.3 Å². The lowest BCUT2D eigenvalue weighted by Crippen LogP contribution is -2.19. The Morgan fingerprint density at radius 2 is 1.93 bits per heavy atom. The summed E-state index contributed by atoms with van der Waals surface area (Å²) in [5.41, 5.74) is 8.86. The summed E-state index contributed by atoms with van der Waals surface area (Å²) in [4.78, 5) is 0. The third-order valence-corrected chi connectivity index (χ3v) is 2.10. The highest BCUT2D eigenvalue weighted by atomic mass is 16.5. The number of rotatable bonds is 2. The summed E-state index contributed by atoms with van der Waals surface area (Å²) in [6.07, 6.45) is 0. The second kappa shape index (κ2) is 4.01. The lowest BCUT2D eigenvalue weighted by atomic mass is 10.1. The molecule has 0 aliphatic heterocycles. The van der Waals surface area contributed by atoms with Crippen LogP contribution in [0.25, 0.3) is 0 Å². The van der Waals surface area contributed by atoms with E-state index >= 15 is 0 Å². The predicted octanol–water partition coefficient (Wildman–Crippen LogP) is 2.89. The minimum absolute atomic E-state index is 0.116. The summed E-state index contributed by atoms with van der Waals surface area (Å²) < 4.78 is 5.70. The molecular weight excluding hydrogens is 174 g/mol. The van der Waals surface area contributed by atoms with Gasteiger partial charge in [0.2, 0.25) is 0 Å². The Balaban J connectivity index is 2.77. The molecule has 2 nitrogen and oxygen atoms in total. The largest absolute Gasteiger partial charge is 0.398 e. The first-order chi connectivity index (χ1) is 6.40. The zero-order chi connectivity index (χ0) is 10.8. The van der Waals surface area contributed by atoms with Gasteiger partial charge in [0.05, 0.1) is 12.2 Å². The van der Waals surface area contributed by atoms with E-state index in [1.807, 2.05) is 32.9 Å². The number of ether oxygens (including phenoxy) is 1. The zero-order valence-corrected chi connectivity index (χ0v) is 9.42. The monoisotopic (exact) mass is 193 g/mol. The van der Waals surface area contributed by atoms with Gasteiger partial charge in [0.1, 0.15) is 0 Å². The third-order valence-electron chi connectivity index (χ3n) is 2.10. The van der Waals surface area contributed by atoms with Crippen molar-refractivity contribution in [3.05, 3.63) is 29.3 Å². The molecule has 0 fully saturated rings. The molecule has 0 aliphatic rings. The van der Waals surface area contributed by atoms with Gasteiger partial charge in [0.25, 0.3) is 0 Å². The molecule has 1 aromatic carbocycles. The first kappa shape index (κ1) is 11.1. The lowest BCUT2D eigenvalue weighted by molar-refractivity contribution is -0.0148. The van der Waals surface area contributed by atoms with Crippen LogP contribution < -0.4 is 5.73 Å². The van der Waals surface area contributed by atoms with Crippen molar-refractivity contribution in [2.24, 2.45) is 0 Å². The summed E-state index contributed by atoms with van der Waals surface area (Å²) in [6, 6.07) is 5.93. The van der Waals surface area contributed by atoms with Gasteiger partial charge < -0.3 is 10.5 Å². The molecule has 14 heavy (non-hydrogen) atoms. The fourth-order valence-corrected chi connectivity index (χ4v) is 1.21. The number of aryl methyl sites for hydroxylation is 1. The fourth-order valence-electron chi connectivity index (χ4n) is 1.21. The highest BCUT2D eigenvalue weighted by molar-refractivity contribution is 5.50. The average Bonchev–Trinajstić information content (AvgIpc) is 2.01. The maximum absolute atomic E-state index is 5.87. The van der Waals surface area contributed by atoms with Gasteiger partial charge in [-0.3, -0.25) is 0 Å². The van der Waals surface area contributed by atoms with Crippen LogP contribution in [0.2, 0.25) is 0 Å². The van der Waals surface area contributed by atoms with Crippen molar-refractivity contribution >= 4 is 5.69 Å². The lowest BCUT2D eigenvalue weighted by Gasteiger charge is -2.21. The highest BCUT2D eigenvalue weighted by Crippen LogP contribution is 2.20. The SMILES string of the molecule is Cc1cccc(N)c1COC(C)(C)C. The summed E-state index contributed by atoms with van der Waals surface area (Å²) in [7, 11) is 0. The molecule has 0 heterocycles. The molecule has 78 valence electrons. The summed E-state index contributed by atoms with van der Waals surface area (Å²) in [5, 5.41) is 0. The van der Waals surface area contributed by atoms with Gasteiger partial charge in [0, 0.05) is 11.3 Å². The van der Waals surface area contributed by atoms with Crippen molar-refractivity contribution in [1.82, 2.24) is 0 Å². The molecule has 0 bridgehead atoms. The van der Waals surface area contributed by atoms with Gasteiger partial charge >= 0.3 is 0 Å². The molecule has 2 N–H and O–H groups in total. The van der Waals surface area contributed by atoms with Gasteiger partial charge in [-0.15, -0.1) is 0 Å². The molecule has 0 amide bonds. The topological polar surface area (TPSA) is 35.2 Å². The minimum Gasteiger partial charge on any atom is -0.398 e. The van der Waals surface area contributed by atoms with Gasteiger partial charge in [-0.05, 0) is 39.3 Å². The maximum Gasteiger partial charge on any atom is 0.0746 e. The van der Waals surface area contributed by atoms with E-state index in [0.29, 0.717) is 6.61 Å². The molecule has 0 saturated carbocycles. The molecular formula is C12H19NO. The van der Waals surface area contributed by atoms with E-state index in [-0.39, 0.29) is 5.60 Å². The second-order valence-electron chi connectivity index (χ2n) is 4.54. The Hall–Kier alpha value is -1.02. The Kier molecular flexibility index (Phi) is 3.17. The summed E-state index contributed by atoms with van der Waals surface area (Å²) in [5.74, 6) is 0. The van der Waals surface area contributed by atoms with Crippen LogP contribution in [0.15, 0.2) is 18.2 Å². The molecule has 2 heteroatoms. The molecule has 1 rings (SSSR count).